The average molecular weight is 425 g/mol. The third-order valence-electron chi connectivity index (χ3n) is 6.29. The predicted octanol–water partition coefficient (Wildman–Crippen LogP) is 4.58. The minimum Gasteiger partial charge on any atom is -0.479 e. The number of anilines is 1. The van der Waals surface area contributed by atoms with Gasteiger partial charge < -0.3 is 14.7 Å². The number of rotatable bonds is 5. The lowest BCUT2D eigenvalue weighted by molar-refractivity contribution is 0.0751. The number of nitriles is 3. The lowest BCUT2D eigenvalue weighted by Crippen LogP contribution is -2.26. The number of hydrogen-bond donors (Lipinski definition) is 1. The first-order valence-electron chi connectivity index (χ1n) is 10.8. The molecule has 2 aliphatic heterocycles. The fourth-order valence-corrected chi connectivity index (χ4v) is 4.72. The van der Waals surface area contributed by atoms with Gasteiger partial charge in [0.25, 0.3) is 0 Å². The zero-order chi connectivity index (χ0) is 22.7. The molecule has 2 aromatic carbocycles. The van der Waals surface area contributed by atoms with Gasteiger partial charge in [-0.2, -0.15) is 15.8 Å². The van der Waals surface area contributed by atoms with E-state index in [2.05, 4.69) is 29.2 Å². The lowest BCUT2D eigenvalue weighted by Gasteiger charge is -2.28. The molecule has 1 unspecified atom stereocenters. The van der Waals surface area contributed by atoms with Crippen LogP contribution >= 0.6 is 0 Å². The van der Waals surface area contributed by atoms with Crippen molar-refractivity contribution >= 4 is 22.0 Å². The van der Waals surface area contributed by atoms with Crippen LogP contribution in [0.15, 0.2) is 53.3 Å². The molecule has 1 atom stereocenters. The Balaban J connectivity index is 1.85. The standard InChI is InChI=1S/C26H24N4O2/c1-26(9-4-12-31)24(23(17-29)25(32-26)21(15-27)16-28)20-6-5-19-14-22(8-7-18(19)13-20)30-10-2-3-11-30/h5-8,13-14,31H,2-4,9-12H2,1H3. The number of ether oxygens (including phenoxy) is 1. The quantitative estimate of drug-likeness (QED) is 0.705. The third kappa shape index (κ3) is 3.69. The molecular weight excluding hydrogens is 400 g/mol. The summed E-state index contributed by atoms with van der Waals surface area (Å²) in [7, 11) is 0. The van der Waals surface area contributed by atoms with Gasteiger partial charge in [-0.25, -0.2) is 0 Å². The zero-order valence-electron chi connectivity index (χ0n) is 18.1. The average Bonchev–Trinajstić information content (AvgIpc) is 3.45. The van der Waals surface area contributed by atoms with Crippen molar-refractivity contribution in [1.82, 2.24) is 0 Å². The molecule has 2 aromatic rings. The monoisotopic (exact) mass is 424 g/mol. The van der Waals surface area contributed by atoms with E-state index >= 15 is 0 Å². The Kier molecular flexibility index (Phi) is 5.87. The van der Waals surface area contributed by atoms with Crippen LogP contribution in [0.4, 0.5) is 5.69 Å². The molecule has 6 heteroatoms. The molecule has 0 saturated carbocycles. The second-order valence-electron chi connectivity index (χ2n) is 8.39. The maximum atomic E-state index is 9.94. The Bertz CT molecular complexity index is 1230. The Morgan fingerprint density at radius 1 is 1.06 bits per heavy atom. The smallest absolute Gasteiger partial charge is 0.172 e. The Morgan fingerprint density at radius 3 is 2.41 bits per heavy atom. The van der Waals surface area contributed by atoms with Crippen LogP contribution < -0.4 is 4.90 Å². The van der Waals surface area contributed by atoms with Crippen molar-refractivity contribution in [1.29, 1.82) is 15.8 Å². The Morgan fingerprint density at radius 2 is 1.75 bits per heavy atom. The summed E-state index contributed by atoms with van der Waals surface area (Å²) < 4.78 is 6.08. The second-order valence-corrected chi connectivity index (χ2v) is 8.39. The van der Waals surface area contributed by atoms with Gasteiger partial charge in [0.1, 0.15) is 29.4 Å². The summed E-state index contributed by atoms with van der Waals surface area (Å²) in [5, 5.41) is 40.2. The maximum Gasteiger partial charge on any atom is 0.172 e. The van der Waals surface area contributed by atoms with Crippen molar-refractivity contribution in [2.45, 2.75) is 38.2 Å². The van der Waals surface area contributed by atoms with Crippen LogP contribution in [0, 0.1) is 34.0 Å². The third-order valence-corrected chi connectivity index (χ3v) is 6.29. The van der Waals surface area contributed by atoms with Gasteiger partial charge >= 0.3 is 0 Å². The second kappa shape index (κ2) is 8.75. The van der Waals surface area contributed by atoms with E-state index in [0.717, 1.165) is 29.4 Å². The fraction of sp³-hybridized carbons (Fsp3) is 0.346. The maximum absolute atomic E-state index is 9.94. The minimum atomic E-state index is -0.925. The SMILES string of the molecule is CC1(CCCO)OC(=C(C#N)C#N)C(C#N)=C1c1ccc2cc(N3CCCC3)ccc2c1. The number of allylic oxidation sites excluding steroid dienone is 2. The van der Waals surface area contributed by atoms with E-state index < -0.39 is 5.60 Å². The zero-order valence-corrected chi connectivity index (χ0v) is 18.1. The molecule has 32 heavy (non-hydrogen) atoms. The summed E-state index contributed by atoms with van der Waals surface area (Å²) in [5.41, 5.74) is 1.74. The largest absolute Gasteiger partial charge is 0.479 e. The van der Waals surface area contributed by atoms with Gasteiger partial charge in [0.05, 0.1) is 0 Å². The van der Waals surface area contributed by atoms with Gasteiger partial charge in [0.2, 0.25) is 0 Å². The van der Waals surface area contributed by atoms with E-state index in [1.54, 1.807) is 0 Å². The summed E-state index contributed by atoms with van der Waals surface area (Å²) in [4.78, 5) is 2.39. The molecule has 0 amide bonds. The fourth-order valence-electron chi connectivity index (χ4n) is 4.72. The van der Waals surface area contributed by atoms with Gasteiger partial charge in [-0.3, -0.25) is 0 Å². The van der Waals surface area contributed by atoms with Crippen LogP contribution in [0.25, 0.3) is 16.3 Å². The molecule has 2 aliphatic rings. The molecule has 4 rings (SSSR count). The molecule has 160 valence electrons. The van der Waals surface area contributed by atoms with Crippen LogP contribution in [0.2, 0.25) is 0 Å². The van der Waals surface area contributed by atoms with E-state index in [0.29, 0.717) is 18.4 Å². The molecule has 2 heterocycles. The van der Waals surface area contributed by atoms with Crippen LogP contribution in [0.5, 0.6) is 0 Å². The number of benzene rings is 2. The molecule has 1 saturated heterocycles. The molecule has 0 aromatic heterocycles. The minimum absolute atomic E-state index is 0.0203. The topological polar surface area (TPSA) is 104 Å². The number of aliphatic hydroxyl groups is 1. The Hall–Kier alpha value is -3.79. The van der Waals surface area contributed by atoms with Crippen molar-refractivity contribution in [2.75, 3.05) is 24.6 Å². The van der Waals surface area contributed by atoms with Crippen molar-refractivity contribution in [2.24, 2.45) is 0 Å². The number of aliphatic hydroxyl groups excluding tert-OH is 1. The molecular formula is C26H24N4O2. The summed E-state index contributed by atoms with van der Waals surface area (Å²) in [6.45, 7) is 3.98. The number of fused-ring (bicyclic) bond motifs is 1. The number of nitrogens with zero attached hydrogens (tertiary/aromatic N) is 4. The molecule has 6 nitrogen and oxygen atoms in total. The molecule has 0 aliphatic carbocycles. The van der Waals surface area contributed by atoms with Gasteiger partial charge in [-0.1, -0.05) is 18.2 Å². The lowest BCUT2D eigenvalue weighted by atomic mass is 9.84. The molecule has 1 fully saturated rings. The van der Waals surface area contributed by atoms with Crippen LogP contribution in [0.1, 0.15) is 38.2 Å². The van der Waals surface area contributed by atoms with Crippen molar-refractivity contribution in [3.8, 4) is 18.2 Å². The van der Waals surface area contributed by atoms with E-state index in [1.165, 1.54) is 18.5 Å². The van der Waals surface area contributed by atoms with E-state index in [-0.39, 0.29) is 23.5 Å². The van der Waals surface area contributed by atoms with E-state index in [4.69, 9.17) is 4.74 Å². The van der Waals surface area contributed by atoms with E-state index in [1.807, 2.05) is 37.3 Å². The number of hydrogen-bond acceptors (Lipinski definition) is 6. The van der Waals surface area contributed by atoms with Crippen LogP contribution in [0.3, 0.4) is 0 Å². The summed E-state index contributed by atoms with van der Waals surface area (Å²) in [5.74, 6) is 0.0254. The van der Waals surface area contributed by atoms with Gasteiger partial charge in [-0.05, 0) is 67.1 Å². The molecule has 0 bridgehead atoms. The first-order valence-corrected chi connectivity index (χ1v) is 10.8. The van der Waals surface area contributed by atoms with Crippen LogP contribution in [-0.2, 0) is 4.74 Å². The van der Waals surface area contributed by atoms with Gasteiger partial charge in [-0.15, -0.1) is 0 Å². The Labute approximate surface area is 187 Å². The first kappa shape index (κ1) is 21.4. The van der Waals surface area contributed by atoms with Crippen molar-refractivity contribution in [3.63, 3.8) is 0 Å². The van der Waals surface area contributed by atoms with Gasteiger partial charge in [0.15, 0.2) is 11.3 Å². The molecule has 1 N–H and O–H groups in total. The van der Waals surface area contributed by atoms with Crippen molar-refractivity contribution in [3.05, 3.63) is 58.9 Å². The first-order chi connectivity index (χ1) is 15.5. The predicted molar refractivity (Wildman–Crippen MR) is 122 cm³/mol. The summed E-state index contributed by atoms with van der Waals surface area (Å²) >= 11 is 0. The molecule has 0 spiro atoms. The normalized spacial score (nSPS) is 20.1. The van der Waals surface area contributed by atoms with E-state index in [9.17, 15) is 20.9 Å². The van der Waals surface area contributed by atoms with Crippen molar-refractivity contribution < 1.29 is 9.84 Å². The highest BCUT2D eigenvalue weighted by molar-refractivity contribution is 5.92. The summed E-state index contributed by atoms with van der Waals surface area (Å²) in [6.07, 6.45) is 3.35. The highest BCUT2D eigenvalue weighted by Crippen LogP contribution is 2.48. The summed E-state index contributed by atoms with van der Waals surface area (Å²) in [6, 6.07) is 18.3. The molecule has 0 radical (unpaired) electrons. The van der Waals surface area contributed by atoms with Crippen LogP contribution in [-0.4, -0.2) is 30.4 Å². The van der Waals surface area contributed by atoms with Gasteiger partial charge in [0, 0.05) is 31.0 Å². The highest BCUT2D eigenvalue weighted by atomic mass is 16.5. The highest BCUT2D eigenvalue weighted by Gasteiger charge is 2.43.